The summed E-state index contributed by atoms with van der Waals surface area (Å²) in [4.78, 5) is 21.1. The van der Waals surface area contributed by atoms with Gasteiger partial charge in [0.15, 0.2) is 6.61 Å². The van der Waals surface area contributed by atoms with Crippen LogP contribution in [0, 0.1) is 0 Å². The van der Waals surface area contributed by atoms with E-state index in [0.29, 0.717) is 5.75 Å². The molecular weight excluding hydrogens is 416 g/mol. The minimum atomic E-state index is -0.972. The van der Waals surface area contributed by atoms with Crippen LogP contribution in [0.3, 0.4) is 0 Å². The summed E-state index contributed by atoms with van der Waals surface area (Å²) in [5.74, 6) is -0.317. The lowest BCUT2D eigenvalue weighted by molar-refractivity contribution is -0.139. The molecule has 1 heterocycles. The Bertz CT molecular complexity index is 1060. The van der Waals surface area contributed by atoms with Crippen molar-refractivity contribution in [1.29, 1.82) is 0 Å². The number of pyridine rings is 1. The van der Waals surface area contributed by atoms with Gasteiger partial charge in [-0.15, -0.1) is 0 Å². The van der Waals surface area contributed by atoms with E-state index in [9.17, 15) is 4.79 Å². The van der Waals surface area contributed by atoms with Crippen LogP contribution in [0.1, 0.15) is 48.1 Å². The van der Waals surface area contributed by atoms with Gasteiger partial charge in [0, 0.05) is 24.0 Å². The monoisotopic (exact) mass is 444 g/mol. The third-order valence-corrected chi connectivity index (χ3v) is 5.64. The highest BCUT2D eigenvalue weighted by atomic mass is 16.7. The molecule has 6 nitrogen and oxygen atoms in total. The van der Waals surface area contributed by atoms with Gasteiger partial charge in [-0.1, -0.05) is 54.1 Å². The summed E-state index contributed by atoms with van der Waals surface area (Å²) in [6.45, 7) is 1.78. The summed E-state index contributed by atoms with van der Waals surface area (Å²) in [5, 5.41) is 8.90. The maximum Gasteiger partial charge on any atom is 0.341 e. The smallest absolute Gasteiger partial charge is 0.341 e. The first-order valence-corrected chi connectivity index (χ1v) is 11.1. The van der Waals surface area contributed by atoms with Crippen LogP contribution < -0.4 is 10.2 Å². The zero-order valence-corrected chi connectivity index (χ0v) is 18.6. The molecule has 2 atom stereocenters. The van der Waals surface area contributed by atoms with Gasteiger partial charge < -0.3 is 9.84 Å². The molecule has 0 aliphatic heterocycles. The molecular formula is C27H28N2O4. The zero-order chi connectivity index (χ0) is 23.0. The van der Waals surface area contributed by atoms with E-state index >= 15 is 0 Å². The molecule has 0 saturated heterocycles. The van der Waals surface area contributed by atoms with E-state index in [-0.39, 0.29) is 18.8 Å². The Labute approximate surface area is 193 Å². The predicted octanol–water partition coefficient (Wildman–Crippen LogP) is 4.96. The van der Waals surface area contributed by atoms with E-state index in [1.54, 1.807) is 12.4 Å². The molecule has 1 aromatic heterocycles. The van der Waals surface area contributed by atoms with E-state index in [2.05, 4.69) is 35.6 Å². The van der Waals surface area contributed by atoms with Crippen LogP contribution in [0.2, 0.25) is 0 Å². The van der Waals surface area contributed by atoms with Crippen molar-refractivity contribution in [2.75, 3.05) is 6.61 Å². The number of hydrogen-bond donors (Lipinski definition) is 2. The Morgan fingerprint density at radius 3 is 2.55 bits per heavy atom. The van der Waals surface area contributed by atoms with Gasteiger partial charge in [0.2, 0.25) is 0 Å². The van der Waals surface area contributed by atoms with Crippen molar-refractivity contribution in [3.05, 3.63) is 101 Å². The summed E-state index contributed by atoms with van der Waals surface area (Å²) < 4.78 is 5.47. The van der Waals surface area contributed by atoms with Crippen molar-refractivity contribution in [2.24, 2.45) is 0 Å². The van der Waals surface area contributed by atoms with Crippen LogP contribution in [-0.2, 0) is 16.1 Å². The molecule has 1 aliphatic rings. The van der Waals surface area contributed by atoms with Crippen LogP contribution >= 0.6 is 0 Å². The van der Waals surface area contributed by atoms with Crippen molar-refractivity contribution in [3.8, 4) is 5.75 Å². The second-order valence-corrected chi connectivity index (χ2v) is 8.22. The molecule has 4 rings (SSSR count). The van der Waals surface area contributed by atoms with Gasteiger partial charge in [0.25, 0.3) is 0 Å². The molecule has 0 radical (unpaired) electrons. The molecule has 6 heteroatoms. The molecule has 170 valence electrons. The largest absolute Gasteiger partial charge is 0.482 e. The highest BCUT2D eigenvalue weighted by Gasteiger charge is 2.19. The summed E-state index contributed by atoms with van der Waals surface area (Å²) in [6.07, 6.45) is 8.08. The predicted molar refractivity (Wildman–Crippen MR) is 127 cm³/mol. The number of hydrogen-bond acceptors (Lipinski definition) is 5. The number of nitrogens with zero attached hydrogens (tertiary/aromatic N) is 1. The topological polar surface area (TPSA) is 80.7 Å². The molecule has 2 unspecified atom stereocenters. The van der Waals surface area contributed by atoms with Crippen LogP contribution in [-0.4, -0.2) is 28.7 Å². The molecule has 0 spiro atoms. The van der Waals surface area contributed by atoms with E-state index in [4.69, 9.17) is 14.7 Å². The minimum absolute atomic E-state index is 0.109. The van der Waals surface area contributed by atoms with E-state index in [1.165, 1.54) is 5.57 Å². The molecule has 0 fully saturated rings. The summed E-state index contributed by atoms with van der Waals surface area (Å²) in [6, 6.07) is 20.0. The quantitative estimate of drug-likeness (QED) is 0.430. The Morgan fingerprint density at radius 2 is 1.79 bits per heavy atom. The Kier molecular flexibility index (Phi) is 7.50. The number of fused-ring (bicyclic) bond motifs is 1. The lowest BCUT2D eigenvalue weighted by Crippen LogP contribution is -2.29. The number of ether oxygens (including phenoxy) is 1. The number of aliphatic carboxylic acids is 1. The first-order valence-electron chi connectivity index (χ1n) is 11.1. The van der Waals surface area contributed by atoms with Gasteiger partial charge in [-0.3, -0.25) is 9.82 Å². The third-order valence-electron chi connectivity index (χ3n) is 5.64. The average Bonchev–Trinajstić information content (AvgIpc) is 2.84. The molecule has 0 amide bonds. The first-order chi connectivity index (χ1) is 16.1. The summed E-state index contributed by atoms with van der Waals surface area (Å²) >= 11 is 0. The Hall–Kier alpha value is -3.48. The Balaban J connectivity index is 1.41. The lowest BCUT2D eigenvalue weighted by atomic mass is 9.89. The molecule has 1 aliphatic carbocycles. The summed E-state index contributed by atoms with van der Waals surface area (Å²) in [7, 11) is 0. The number of carboxylic acids is 1. The van der Waals surface area contributed by atoms with Crippen LogP contribution in [0.4, 0.5) is 0 Å². The number of benzene rings is 2. The highest BCUT2D eigenvalue weighted by Crippen LogP contribution is 2.33. The standard InChI is InChI=1S/C27H28N2O4/c1-19(29-33-27(21-6-3-2-4-7-21)22-12-14-28-15-13-22)16-20-10-11-24-23(17-20)8-5-9-25(24)32-18-26(30)31/h2-9,12-15,17,19,27,29H,10-11,16,18H2,1H3,(H,30,31). The van der Waals surface area contributed by atoms with Gasteiger partial charge >= 0.3 is 5.97 Å². The highest BCUT2D eigenvalue weighted by molar-refractivity contribution is 5.69. The van der Waals surface area contributed by atoms with Crippen molar-refractivity contribution in [3.63, 3.8) is 0 Å². The second-order valence-electron chi connectivity index (χ2n) is 8.22. The molecule has 2 N–H and O–H groups in total. The van der Waals surface area contributed by atoms with E-state index in [1.807, 2.05) is 48.5 Å². The van der Waals surface area contributed by atoms with Gasteiger partial charge in [0.1, 0.15) is 11.9 Å². The number of carbonyl (C=O) groups is 1. The lowest BCUT2D eigenvalue weighted by Gasteiger charge is -2.24. The Morgan fingerprint density at radius 1 is 1.03 bits per heavy atom. The van der Waals surface area contributed by atoms with Crippen LogP contribution in [0.25, 0.3) is 6.08 Å². The van der Waals surface area contributed by atoms with Crippen molar-refractivity contribution in [1.82, 2.24) is 10.5 Å². The SMILES string of the molecule is CC(CC1=Cc2cccc(OCC(=O)O)c2CC1)NOC(c1ccccc1)c1ccncc1. The fourth-order valence-electron chi connectivity index (χ4n) is 4.11. The number of hydroxylamine groups is 1. The fraction of sp³-hybridized carbons (Fsp3) is 0.259. The van der Waals surface area contributed by atoms with Gasteiger partial charge in [0.05, 0.1) is 0 Å². The average molecular weight is 445 g/mol. The minimum Gasteiger partial charge on any atom is -0.482 e. The van der Waals surface area contributed by atoms with Crippen LogP contribution in [0.15, 0.2) is 78.6 Å². The third kappa shape index (κ3) is 6.06. The maximum atomic E-state index is 10.8. The number of carboxylic acid groups (broad SMARTS) is 1. The molecule has 33 heavy (non-hydrogen) atoms. The number of aromatic nitrogens is 1. The second kappa shape index (κ2) is 10.9. The van der Waals surface area contributed by atoms with E-state index in [0.717, 1.165) is 41.5 Å². The zero-order valence-electron chi connectivity index (χ0n) is 18.6. The molecule has 2 aromatic carbocycles. The first kappa shape index (κ1) is 22.7. The van der Waals surface area contributed by atoms with Crippen molar-refractivity contribution < 1.29 is 19.5 Å². The summed E-state index contributed by atoms with van der Waals surface area (Å²) in [5.41, 5.74) is 8.83. The van der Waals surface area contributed by atoms with Crippen LogP contribution in [0.5, 0.6) is 5.75 Å². The normalized spacial score (nSPS) is 14.6. The fourth-order valence-corrected chi connectivity index (χ4v) is 4.11. The van der Waals surface area contributed by atoms with Gasteiger partial charge in [-0.05, 0) is 61.1 Å². The van der Waals surface area contributed by atoms with Gasteiger partial charge in [-0.25, -0.2) is 4.79 Å². The molecule has 0 bridgehead atoms. The van der Waals surface area contributed by atoms with Gasteiger partial charge in [-0.2, -0.15) is 5.48 Å². The van der Waals surface area contributed by atoms with Crippen molar-refractivity contribution >= 4 is 12.0 Å². The van der Waals surface area contributed by atoms with Crippen molar-refractivity contribution in [2.45, 2.75) is 38.3 Å². The molecule has 3 aromatic rings. The maximum absolute atomic E-state index is 10.8. The number of nitrogens with one attached hydrogen (secondary N) is 1. The van der Waals surface area contributed by atoms with E-state index < -0.39 is 5.97 Å². The molecule has 0 saturated carbocycles. The number of rotatable bonds is 10.